The Balaban J connectivity index is 3.59. The van der Waals surface area contributed by atoms with Crippen LogP contribution in [0.25, 0.3) is 0 Å². The Morgan fingerprint density at radius 1 is 1.19 bits per heavy atom. The van der Waals surface area contributed by atoms with Gasteiger partial charge in [-0.2, -0.15) is 0 Å². The van der Waals surface area contributed by atoms with Crippen molar-refractivity contribution >= 4 is 0 Å². The maximum atomic E-state index is 8.84. The van der Waals surface area contributed by atoms with E-state index in [9.17, 15) is 0 Å². The van der Waals surface area contributed by atoms with Gasteiger partial charge in [0.15, 0.2) is 0 Å². The molecule has 0 bridgehead atoms. The molecule has 0 aromatic carbocycles. The number of nitrogens with one attached hydrogen (secondary N) is 1. The quantitative estimate of drug-likeness (QED) is 0.504. The van der Waals surface area contributed by atoms with Crippen LogP contribution in [0.5, 0.6) is 0 Å². The van der Waals surface area contributed by atoms with E-state index in [1.807, 2.05) is 0 Å². The minimum Gasteiger partial charge on any atom is -0.381 e. The fourth-order valence-corrected chi connectivity index (χ4v) is 2.06. The largest absolute Gasteiger partial charge is 0.381 e. The third-order valence-corrected chi connectivity index (χ3v) is 3.36. The van der Waals surface area contributed by atoms with Gasteiger partial charge in [-0.05, 0) is 37.6 Å². The molecule has 3 heteroatoms. The van der Waals surface area contributed by atoms with Crippen LogP contribution in [-0.2, 0) is 0 Å². The van der Waals surface area contributed by atoms with E-state index >= 15 is 0 Å². The van der Waals surface area contributed by atoms with Gasteiger partial charge in [0.05, 0.1) is 6.73 Å². The molecular weight excluding hydrogens is 200 g/mol. The summed E-state index contributed by atoms with van der Waals surface area (Å²) in [5.41, 5.74) is 5.59. The topological polar surface area (TPSA) is 58.3 Å². The molecular formula is C13H30N2O. The summed E-state index contributed by atoms with van der Waals surface area (Å²) in [6, 6.07) is 0.465. The van der Waals surface area contributed by atoms with Gasteiger partial charge in [-0.3, -0.25) is 5.32 Å². The Morgan fingerprint density at radius 2 is 1.81 bits per heavy atom. The van der Waals surface area contributed by atoms with Crippen LogP contribution in [0.3, 0.4) is 0 Å². The van der Waals surface area contributed by atoms with E-state index in [1.54, 1.807) is 0 Å². The lowest BCUT2D eigenvalue weighted by molar-refractivity contribution is 0.224. The molecule has 98 valence electrons. The Hall–Kier alpha value is -0.120. The highest BCUT2D eigenvalue weighted by atomic mass is 16.3. The fourth-order valence-electron chi connectivity index (χ4n) is 2.06. The first-order chi connectivity index (χ1) is 7.63. The van der Waals surface area contributed by atoms with Crippen LogP contribution in [0, 0.1) is 11.8 Å². The summed E-state index contributed by atoms with van der Waals surface area (Å²) in [4.78, 5) is 0. The van der Waals surface area contributed by atoms with Crippen LogP contribution >= 0.6 is 0 Å². The SMILES string of the molecule is CCC(CC(C)CCCC(C)CN)NCO. The maximum absolute atomic E-state index is 8.84. The van der Waals surface area contributed by atoms with E-state index in [2.05, 4.69) is 26.1 Å². The molecule has 3 nitrogen and oxygen atoms in total. The highest BCUT2D eigenvalue weighted by molar-refractivity contribution is 4.67. The number of aliphatic hydroxyl groups excluding tert-OH is 1. The first-order valence-electron chi connectivity index (χ1n) is 6.68. The van der Waals surface area contributed by atoms with Gasteiger partial charge in [-0.25, -0.2) is 0 Å². The second-order valence-electron chi connectivity index (χ2n) is 5.08. The molecule has 0 aliphatic rings. The predicted octanol–water partition coefficient (Wildman–Crippen LogP) is 2.10. The number of aliphatic hydroxyl groups is 1. The summed E-state index contributed by atoms with van der Waals surface area (Å²) in [5, 5.41) is 11.9. The first kappa shape index (κ1) is 15.9. The Labute approximate surface area is 101 Å². The predicted molar refractivity (Wildman–Crippen MR) is 70.2 cm³/mol. The average molecular weight is 230 g/mol. The van der Waals surface area contributed by atoms with Crippen molar-refractivity contribution in [3.63, 3.8) is 0 Å². The molecule has 0 spiro atoms. The van der Waals surface area contributed by atoms with Gasteiger partial charge in [0, 0.05) is 6.04 Å². The van der Waals surface area contributed by atoms with Gasteiger partial charge in [0.25, 0.3) is 0 Å². The highest BCUT2D eigenvalue weighted by Crippen LogP contribution is 2.17. The lowest BCUT2D eigenvalue weighted by Crippen LogP contribution is -2.30. The zero-order valence-electron chi connectivity index (χ0n) is 11.2. The average Bonchev–Trinajstić information content (AvgIpc) is 2.28. The summed E-state index contributed by atoms with van der Waals surface area (Å²) >= 11 is 0. The molecule has 0 fully saturated rings. The number of rotatable bonds is 10. The van der Waals surface area contributed by atoms with Crippen LogP contribution in [-0.4, -0.2) is 24.4 Å². The van der Waals surface area contributed by atoms with Gasteiger partial charge in [0.2, 0.25) is 0 Å². The van der Waals surface area contributed by atoms with Crippen molar-refractivity contribution in [1.29, 1.82) is 0 Å². The molecule has 0 amide bonds. The Bertz CT molecular complexity index is 153. The third-order valence-electron chi connectivity index (χ3n) is 3.36. The van der Waals surface area contributed by atoms with Crippen LogP contribution in [0.1, 0.15) is 52.9 Å². The van der Waals surface area contributed by atoms with Crippen LogP contribution < -0.4 is 11.1 Å². The molecule has 0 aromatic rings. The van der Waals surface area contributed by atoms with E-state index < -0.39 is 0 Å². The Kier molecular flexibility index (Phi) is 9.99. The first-order valence-corrected chi connectivity index (χ1v) is 6.68. The minimum atomic E-state index is 0.0927. The normalized spacial score (nSPS) is 17.1. The third kappa shape index (κ3) is 8.08. The highest BCUT2D eigenvalue weighted by Gasteiger charge is 2.10. The molecule has 0 saturated heterocycles. The van der Waals surface area contributed by atoms with Gasteiger partial charge in [-0.15, -0.1) is 0 Å². The van der Waals surface area contributed by atoms with Crippen molar-refractivity contribution in [2.24, 2.45) is 17.6 Å². The molecule has 0 heterocycles. The van der Waals surface area contributed by atoms with Gasteiger partial charge >= 0.3 is 0 Å². The maximum Gasteiger partial charge on any atom is 0.0933 e. The molecule has 3 unspecified atom stereocenters. The molecule has 3 atom stereocenters. The number of hydrogen-bond donors (Lipinski definition) is 3. The van der Waals surface area contributed by atoms with Crippen LogP contribution in [0.15, 0.2) is 0 Å². The molecule has 0 aliphatic carbocycles. The van der Waals surface area contributed by atoms with E-state index in [4.69, 9.17) is 10.8 Å². The summed E-state index contributed by atoms with van der Waals surface area (Å²) in [7, 11) is 0. The molecule has 0 aromatic heterocycles. The second kappa shape index (κ2) is 10.1. The fraction of sp³-hybridized carbons (Fsp3) is 1.00. The van der Waals surface area contributed by atoms with Crippen molar-refractivity contribution in [3.05, 3.63) is 0 Å². The summed E-state index contributed by atoms with van der Waals surface area (Å²) in [6.07, 6.45) is 6.03. The molecule has 4 N–H and O–H groups in total. The van der Waals surface area contributed by atoms with Gasteiger partial charge < -0.3 is 10.8 Å². The van der Waals surface area contributed by atoms with E-state index in [0.717, 1.165) is 25.3 Å². The van der Waals surface area contributed by atoms with Crippen molar-refractivity contribution < 1.29 is 5.11 Å². The van der Waals surface area contributed by atoms with E-state index in [-0.39, 0.29) is 6.73 Å². The van der Waals surface area contributed by atoms with Crippen molar-refractivity contribution in [1.82, 2.24) is 5.32 Å². The number of nitrogens with two attached hydrogens (primary N) is 1. The molecule has 0 aliphatic heterocycles. The molecule has 0 saturated carbocycles. The van der Waals surface area contributed by atoms with Gasteiger partial charge in [0.1, 0.15) is 0 Å². The van der Waals surface area contributed by atoms with Gasteiger partial charge in [-0.1, -0.05) is 33.6 Å². The monoisotopic (exact) mass is 230 g/mol. The number of hydrogen-bond acceptors (Lipinski definition) is 3. The standard InChI is InChI=1S/C13H30N2O/c1-4-13(15-10-16)8-11(2)6-5-7-12(3)9-14/h11-13,15-16H,4-10,14H2,1-3H3. The molecule has 0 radical (unpaired) electrons. The zero-order chi connectivity index (χ0) is 12.4. The van der Waals surface area contributed by atoms with Crippen LogP contribution in [0.2, 0.25) is 0 Å². The van der Waals surface area contributed by atoms with Crippen molar-refractivity contribution in [3.8, 4) is 0 Å². The van der Waals surface area contributed by atoms with Crippen LogP contribution in [0.4, 0.5) is 0 Å². The lowest BCUT2D eigenvalue weighted by Gasteiger charge is -2.20. The van der Waals surface area contributed by atoms with E-state index in [0.29, 0.717) is 12.0 Å². The van der Waals surface area contributed by atoms with Crippen molar-refractivity contribution in [2.45, 2.75) is 58.9 Å². The summed E-state index contributed by atoms with van der Waals surface area (Å²) in [5.74, 6) is 1.39. The van der Waals surface area contributed by atoms with Crippen molar-refractivity contribution in [2.75, 3.05) is 13.3 Å². The smallest absolute Gasteiger partial charge is 0.0933 e. The van der Waals surface area contributed by atoms with E-state index in [1.165, 1.54) is 19.3 Å². The minimum absolute atomic E-state index is 0.0927. The lowest BCUT2D eigenvalue weighted by atomic mass is 9.93. The summed E-state index contributed by atoms with van der Waals surface area (Å²) in [6.45, 7) is 7.58. The zero-order valence-corrected chi connectivity index (χ0v) is 11.2. The molecule has 16 heavy (non-hydrogen) atoms. The Morgan fingerprint density at radius 3 is 2.31 bits per heavy atom. The second-order valence-corrected chi connectivity index (χ2v) is 5.08. The summed E-state index contributed by atoms with van der Waals surface area (Å²) < 4.78 is 0. The molecule has 0 rings (SSSR count).